The summed E-state index contributed by atoms with van der Waals surface area (Å²) in [4.78, 5) is 2.24. The Balaban J connectivity index is 2.05. The Morgan fingerprint density at radius 2 is 1.77 bits per heavy atom. The average molecular weight is 357 g/mol. The number of aryl methyl sites for hydroxylation is 1. The number of halogens is 1. The van der Waals surface area contributed by atoms with Crippen LogP contribution in [0.3, 0.4) is 0 Å². The number of hydrogen-bond donors (Lipinski definition) is 0. The fourth-order valence-corrected chi connectivity index (χ4v) is 3.25. The molecule has 0 aliphatic carbocycles. The molecule has 2 aromatic carbocycles. The number of aromatic nitrogens is 1. The smallest absolute Gasteiger partial charge is 0.0491 e. The Morgan fingerprint density at radius 1 is 1.00 bits per heavy atom. The quantitative estimate of drug-likeness (QED) is 0.622. The summed E-state index contributed by atoms with van der Waals surface area (Å²) in [7, 11) is 4.26. The van der Waals surface area contributed by atoms with Crippen LogP contribution in [0.15, 0.2) is 59.1 Å². The molecule has 3 heteroatoms. The molecule has 0 radical (unpaired) electrons. The van der Waals surface area contributed by atoms with E-state index in [-0.39, 0.29) is 0 Å². The van der Waals surface area contributed by atoms with Crippen molar-refractivity contribution in [1.29, 1.82) is 0 Å². The van der Waals surface area contributed by atoms with Crippen LogP contribution in [0.25, 0.3) is 22.2 Å². The number of hydrogen-bond acceptors (Lipinski definition) is 1. The standard InChI is InChI=1S/C19H21BrN2/c1-21(2)11-6-12-22-18-10-9-17(20)13-16(18)14-19(22)15-7-4-3-5-8-15/h3-5,7-10,13-14H,6,11-12H2,1-2H3. The van der Waals surface area contributed by atoms with Gasteiger partial charge in [-0.05, 0) is 56.9 Å². The molecule has 3 rings (SSSR count). The van der Waals surface area contributed by atoms with Crippen LogP contribution < -0.4 is 0 Å². The Hall–Kier alpha value is -1.58. The van der Waals surface area contributed by atoms with Gasteiger partial charge in [0.15, 0.2) is 0 Å². The van der Waals surface area contributed by atoms with Crippen LogP contribution in [-0.4, -0.2) is 30.1 Å². The highest BCUT2D eigenvalue weighted by Crippen LogP contribution is 2.30. The van der Waals surface area contributed by atoms with Crippen LogP contribution >= 0.6 is 15.9 Å². The summed E-state index contributed by atoms with van der Waals surface area (Å²) < 4.78 is 3.57. The predicted octanol–water partition coefficient (Wildman–Crippen LogP) is 5.02. The van der Waals surface area contributed by atoms with E-state index in [0.717, 1.165) is 24.0 Å². The predicted molar refractivity (Wildman–Crippen MR) is 98.2 cm³/mol. The molecule has 0 saturated heterocycles. The van der Waals surface area contributed by atoms with Crippen molar-refractivity contribution in [2.24, 2.45) is 0 Å². The lowest BCUT2D eigenvalue weighted by Crippen LogP contribution is -2.15. The molecule has 1 heterocycles. The second kappa shape index (κ2) is 6.67. The van der Waals surface area contributed by atoms with Gasteiger partial charge in [0.25, 0.3) is 0 Å². The molecule has 3 aromatic rings. The van der Waals surface area contributed by atoms with E-state index in [1.165, 1.54) is 22.2 Å². The van der Waals surface area contributed by atoms with Crippen LogP contribution in [-0.2, 0) is 6.54 Å². The normalized spacial score (nSPS) is 11.5. The van der Waals surface area contributed by atoms with Crippen molar-refractivity contribution >= 4 is 26.8 Å². The fourth-order valence-electron chi connectivity index (χ4n) is 2.88. The summed E-state index contributed by atoms with van der Waals surface area (Å²) in [5.41, 5.74) is 3.88. The van der Waals surface area contributed by atoms with Gasteiger partial charge in [-0.1, -0.05) is 46.3 Å². The summed E-state index contributed by atoms with van der Waals surface area (Å²) >= 11 is 3.58. The van der Waals surface area contributed by atoms with Crippen LogP contribution in [0.4, 0.5) is 0 Å². The first kappa shape index (κ1) is 15.3. The Labute approximate surface area is 140 Å². The van der Waals surface area contributed by atoms with Gasteiger partial charge >= 0.3 is 0 Å². The van der Waals surface area contributed by atoms with E-state index in [1.807, 2.05) is 0 Å². The van der Waals surface area contributed by atoms with Crippen molar-refractivity contribution in [2.45, 2.75) is 13.0 Å². The maximum atomic E-state index is 3.58. The Bertz CT molecular complexity index is 760. The third-order valence-electron chi connectivity index (χ3n) is 3.92. The van der Waals surface area contributed by atoms with Gasteiger partial charge in [-0.2, -0.15) is 0 Å². The van der Waals surface area contributed by atoms with Crippen molar-refractivity contribution in [3.8, 4) is 11.3 Å². The van der Waals surface area contributed by atoms with E-state index < -0.39 is 0 Å². The zero-order valence-electron chi connectivity index (χ0n) is 13.1. The van der Waals surface area contributed by atoms with Gasteiger partial charge in [-0.3, -0.25) is 0 Å². The SMILES string of the molecule is CN(C)CCCn1c(-c2ccccc2)cc2cc(Br)ccc21. The lowest BCUT2D eigenvalue weighted by atomic mass is 10.1. The highest BCUT2D eigenvalue weighted by Gasteiger charge is 2.10. The van der Waals surface area contributed by atoms with Crippen molar-refractivity contribution in [3.63, 3.8) is 0 Å². The summed E-state index contributed by atoms with van der Waals surface area (Å²) in [5, 5.41) is 1.29. The summed E-state index contributed by atoms with van der Waals surface area (Å²) in [6, 6.07) is 19.5. The van der Waals surface area contributed by atoms with Gasteiger partial charge in [0.1, 0.15) is 0 Å². The molecular weight excluding hydrogens is 336 g/mol. The number of nitrogens with zero attached hydrogens (tertiary/aromatic N) is 2. The lowest BCUT2D eigenvalue weighted by molar-refractivity contribution is 0.388. The minimum absolute atomic E-state index is 1.04. The largest absolute Gasteiger partial charge is 0.340 e. The molecule has 0 aliphatic heterocycles. The van der Waals surface area contributed by atoms with Gasteiger partial charge in [0.2, 0.25) is 0 Å². The maximum absolute atomic E-state index is 3.58. The van der Waals surface area contributed by atoms with Gasteiger partial charge < -0.3 is 9.47 Å². The van der Waals surface area contributed by atoms with E-state index in [2.05, 4.69) is 94.1 Å². The van der Waals surface area contributed by atoms with Crippen LogP contribution in [0.5, 0.6) is 0 Å². The van der Waals surface area contributed by atoms with Crippen LogP contribution in [0, 0.1) is 0 Å². The number of rotatable bonds is 5. The zero-order chi connectivity index (χ0) is 15.5. The minimum Gasteiger partial charge on any atom is -0.340 e. The molecule has 0 spiro atoms. The molecule has 2 nitrogen and oxygen atoms in total. The molecular formula is C19H21BrN2. The topological polar surface area (TPSA) is 8.17 Å². The monoisotopic (exact) mass is 356 g/mol. The van der Waals surface area contributed by atoms with Crippen LogP contribution in [0.2, 0.25) is 0 Å². The zero-order valence-corrected chi connectivity index (χ0v) is 14.7. The molecule has 114 valence electrons. The van der Waals surface area contributed by atoms with Gasteiger partial charge in [0, 0.05) is 27.6 Å². The highest BCUT2D eigenvalue weighted by atomic mass is 79.9. The molecule has 0 N–H and O–H groups in total. The molecule has 1 aromatic heterocycles. The van der Waals surface area contributed by atoms with Crippen molar-refractivity contribution in [3.05, 3.63) is 59.1 Å². The third kappa shape index (κ3) is 3.26. The van der Waals surface area contributed by atoms with Crippen molar-refractivity contribution in [2.75, 3.05) is 20.6 Å². The van der Waals surface area contributed by atoms with Gasteiger partial charge in [-0.25, -0.2) is 0 Å². The Morgan fingerprint density at radius 3 is 2.50 bits per heavy atom. The van der Waals surface area contributed by atoms with E-state index in [0.29, 0.717) is 0 Å². The van der Waals surface area contributed by atoms with Gasteiger partial charge in [0.05, 0.1) is 0 Å². The lowest BCUT2D eigenvalue weighted by Gasteiger charge is -2.13. The van der Waals surface area contributed by atoms with E-state index in [1.54, 1.807) is 0 Å². The van der Waals surface area contributed by atoms with E-state index in [9.17, 15) is 0 Å². The summed E-state index contributed by atoms with van der Waals surface area (Å²) in [6.07, 6.45) is 1.15. The number of benzene rings is 2. The Kier molecular flexibility index (Phi) is 4.65. The fraction of sp³-hybridized carbons (Fsp3) is 0.263. The second-order valence-electron chi connectivity index (χ2n) is 5.91. The molecule has 0 atom stereocenters. The van der Waals surface area contributed by atoms with E-state index in [4.69, 9.17) is 0 Å². The molecule has 0 aliphatic rings. The molecule has 0 saturated carbocycles. The molecule has 0 unspecified atom stereocenters. The third-order valence-corrected chi connectivity index (χ3v) is 4.41. The van der Waals surface area contributed by atoms with Gasteiger partial charge in [-0.15, -0.1) is 0 Å². The second-order valence-corrected chi connectivity index (χ2v) is 6.82. The van der Waals surface area contributed by atoms with Crippen molar-refractivity contribution < 1.29 is 0 Å². The summed E-state index contributed by atoms with van der Waals surface area (Å²) in [5.74, 6) is 0. The van der Waals surface area contributed by atoms with Crippen LogP contribution in [0.1, 0.15) is 6.42 Å². The average Bonchev–Trinajstić information content (AvgIpc) is 2.86. The molecule has 0 fully saturated rings. The molecule has 22 heavy (non-hydrogen) atoms. The highest BCUT2D eigenvalue weighted by molar-refractivity contribution is 9.10. The summed E-state index contributed by atoms with van der Waals surface area (Å²) in [6.45, 7) is 2.14. The molecule has 0 bridgehead atoms. The first-order valence-electron chi connectivity index (χ1n) is 7.64. The van der Waals surface area contributed by atoms with Crippen molar-refractivity contribution in [1.82, 2.24) is 9.47 Å². The first-order valence-corrected chi connectivity index (χ1v) is 8.43. The minimum atomic E-state index is 1.04. The number of fused-ring (bicyclic) bond motifs is 1. The van der Waals surface area contributed by atoms with E-state index >= 15 is 0 Å². The maximum Gasteiger partial charge on any atom is 0.0491 e. The first-order chi connectivity index (χ1) is 10.6. The molecule has 0 amide bonds.